The van der Waals surface area contributed by atoms with Crippen molar-refractivity contribution in [1.29, 1.82) is 0 Å². The molecule has 2 rings (SSSR count). The highest BCUT2D eigenvalue weighted by molar-refractivity contribution is 5.83. The molecule has 6 heteroatoms. The minimum atomic E-state index is -4.48. The second kappa shape index (κ2) is 2.88. The van der Waals surface area contributed by atoms with E-state index in [4.69, 9.17) is 5.11 Å². The van der Waals surface area contributed by atoms with Crippen LogP contribution < -0.4 is 0 Å². The fourth-order valence-electron chi connectivity index (χ4n) is 1.46. The number of aromatic hydroxyl groups is 1. The number of benzene rings is 1. The molecule has 0 saturated carbocycles. The molecule has 0 fully saturated rings. The monoisotopic (exact) mass is 216 g/mol. The van der Waals surface area contributed by atoms with Crippen molar-refractivity contribution in [2.24, 2.45) is 7.05 Å². The SMILES string of the molecule is Cn1nc(C(F)(F)F)c2ccc(O)cc21. The fraction of sp³-hybridized carbons (Fsp3) is 0.222. The van der Waals surface area contributed by atoms with Gasteiger partial charge in [0.05, 0.1) is 5.52 Å². The number of nitrogens with zero attached hydrogens (tertiary/aromatic N) is 2. The van der Waals surface area contributed by atoms with Gasteiger partial charge in [-0.25, -0.2) is 0 Å². The first-order valence-corrected chi connectivity index (χ1v) is 4.12. The average Bonchev–Trinajstić information content (AvgIpc) is 2.43. The maximum Gasteiger partial charge on any atom is 0.435 e. The van der Waals surface area contributed by atoms with Crippen LogP contribution in [0.4, 0.5) is 13.2 Å². The molecular formula is C9H7F3N2O. The molecule has 1 aromatic heterocycles. The summed E-state index contributed by atoms with van der Waals surface area (Å²) in [5.74, 6) is -0.0841. The van der Waals surface area contributed by atoms with Crippen molar-refractivity contribution in [3.63, 3.8) is 0 Å². The van der Waals surface area contributed by atoms with Crippen LogP contribution in [0, 0.1) is 0 Å². The van der Waals surface area contributed by atoms with Crippen LogP contribution in [0.2, 0.25) is 0 Å². The van der Waals surface area contributed by atoms with Crippen LogP contribution in [0.25, 0.3) is 10.9 Å². The molecule has 3 nitrogen and oxygen atoms in total. The number of hydrogen-bond acceptors (Lipinski definition) is 2. The number of aryl methyl sites for hydroxylation is 1. The molecule has 2 aromatic rings. The first kappa shape index (κ1) is 9.82. The molecule has 1 N–H and O–H groups in total. The minimum Gasteiger partial charge on any atom is -0.508 e. The molecule has 0 spiro atoms. The Kier molecular flexibility index (Phi) is 1.89. The number of rotatable bonds is 0. The van der Waals surface area contributed by atoms with Gasteiger partial charge >= 0.3 is 6.18 Å². The number of aromatic nitrogens is 2. The van der Waals surface area contributed by atoms with E-state index in [-0.39, 0.29) is 16.7 Å². The highest BCUT2D eigenvalue weighted by Gasteiger charge is 2.36. The van der Waals surface area contributed by atoms with Gasteiger partial charge in [-0.2, -0.15) is 18.3 Å². The van der Waals surface area contributed by atoms with Gasteiger partial charge in [0.15, 0.2) is 5.69 Å². The van der Waals surface area contributed by atoms with E-state index in [1.54, 1.807) is 0 Å². The molecule has 0 atom stereocenters. The summed E-state index contributed by atoms with van der Waals surface area (Å²) >= 11 is 0. The Labute approximate surface area is 82.7 Å². The molecule has 15 heavy (non-hydrogen) atoms. The van der Waals surface area contributed by atoms with E-state index in [9.17, 15) is 13.2 Å². The van der Waals surface area contributed by atoms with E-state index >= 15 is 0 Å². The summed E-state index contributed by atoms with van der Waals surface area (Å²) in [5.41, 5.74) is -0.678. The van der Waals surface area contributed by atoms with Crippen LogP contribution in [-0.2, 0) is 13.2 Å². The predicted molar refractivity (Wildman–Crippen MR) is 47.4 cm³/mol. The van der Waals surface area contributed by atoms with Gasteiger partial charge in [0.2, 0.25) is 0 Å². The van der Waals surface area contributed by atoms with Crippen molar-refractivity contribution in [2.75, 3.05) is 0 Å². The molecule has 0 saturated heterocycles. The second-order valence-electron chi connectivity index (χ2n) is 3.17. The number of halogens is 3. The Morgan fingerprint density at radius 3 is 2.60 bits per heavy atom. The van der Waals surface area contributed by atoms with Crippen LogP contribution in [0.5, 0.6) is 5.75 Å². The lowest BCUT2D eigenvalue weighted by Gasteiger charge is -2.01. The molecule has 0 aliphatic carbocycles. The summed E-state index contributed by atoms with van der Waals surface area (Å²) in [6, 6.07) is 3.66. The second-order valence-corrected chi connectivity index (χ2v) is 3.17. The molecule has 0 radical (unpaired) electrons. The van der Waals surface area contributed by atoms with Gasteiger partial charge in [0.1, 0.15) is 5.75 Å². The van der Waals surface area contributed by atoms with Gasteiger partial charge in [-0.05, 0) is 12.1 Å². The number of alkyl halides is 3. The molecule has 0 bridgehead atoms. The van der Waals surface area contributed by atoms with Crippen LogP contribution in [0.15, 0.2) is 18.2 Å². The zero-order valence-electron chi connectivity index (χ0n) is 7.71. The van der Waals surface area contributed by atoms with Crippen molar-refractivity contribution in [1.82, 2.24) is 9.78 Å². The van der Waals surface area contributed by atoms with Crippen LogP contribution in [0.3, 0.4) is 0 Å². The maximum absolute atomic E-state index is 12.5. The van der Waals surface area contributed by atoms with Crippen molar-refractivity contribution >= 4 is 10.9 Å². The third kappa shape index (κ3) is 1.51. The first-order chi connectivity index (χ1) is 6.89. The van der Waals surface area contributed by atoms with Crippen LogP contribution >= 0.6 is 0 Å². The van der Waals surface area contributed by atoms with E-state index < -0.39 is 11.9 Å². The summed E-state index contributed by atoms with van der Waals surface area (Å²) in [5, 5.41) is 12.5. The molecule has 0 aliphatic heterocycles. The third-order valence-electron chi connectivity index (χ3n) is 2.10. The smallest absolute Gasteiger partial charge is 0.435 e. The highest BCUT2D eigenvalue weighted by atomic mass is 19.4. The standard InChI is InChI=1S/C9H7F3N2O/c1-14-7-4-5(15)2-3-6(7)8(13-14)9(10,11)12/h2-4,15H,1H3. The quantitative estimate of drug-likeness (QED) is 0.733. The summed E-state index contributed by atoms with van der Waals surface area (Å²) in [7, 11) is 1.40. The molecule has 1 aromatic carbocycles. The molecule has 0 aliphatic rings. The van der Waals surface area contributed by atoms with Crippen molar-refractivity contribution in [3.05, 3.63) is 23.9 Å². The first-order valence-electron chi connectivity index (χ1n) is 4.12. The van der Waals surface area contributed by atoms with Crippen LogP contribution in [0.1, 0.15) is 5.69 Å². The summed E-state index contributed by atoms with van der Waals surface area (Å²) in [6.07, 6.45) is -4.48. The van der Waals surface area contributed by atoms with Crippen molar-refractivity contribution in [2.45, 2.75) is 6.18 Å². The number of phenolic OH excluding ortho intramolecular Hbond substituents is 1. The Morgan fingerprint density at radius 2 is 2.00 bits per heavy atom. The number of fused-ring (bicyclic) bond motifs is 1. The third-order valence-corrected chi connectivity index (χ3v) is 2.10. The molecule has 0 amide bonds. The highest BCUT2D eigenvalue weighted by Crippen LogP contribution is 2.34. The van der Waals surface area contributed by atoms with Gasteiger partial charge in [0.25, 0.3) is 0 Å². The lowest BCUT2D eigenvalue weighted by Crippen LogP contribution is -2.06. The Morgan fingerprint density at radius 1 is 1.33 bits per heavy atom. The molecule has 80 valence electrons. The van der Waals surface area contributed by atoms with Gasteiger partial charge in [0, 0.05) is 18.5 Å². The van der Waals surface area contributed by atoms with Gasteiger partial charge < -0.3 is 5.11 Å². The summed E-state index contributed by atoms with van der Waals surface area (Å²) in [4.78, 5) is 0. The van der Waals surface area contributed by atoms with Crippen LogP contribution in [-0.4, -0.2) is 14.9 Å². The predicted octanol–water partition coefficient (Wildman–Crippen LogP) is 2.30. The zero-order chi connectivity index (χ0) is 11.2. The normalized spacial score (nSPS) is 12.3. The Balaban J connectivity index is 2.79. The van der Waals surface area contributed by atoms with Gasteiger partial charge in [-0.3, -0.25) is 4.68 Å². The van der Waals surface area contributed by atoms with E-state index in [1.807, 2.05) is 0 Å². The topological polar surface area (TPSA) is 38.0 Å². The lowest BCUT2D eigenvalue weighted by atomic mass is 10.2. The van der Waals surface area contributed by atoms with Crippen molar-refractivity contribution in [3.8, 4) is 5.75 Å². The Bertz CT molecular complexity index is 516. The zero-order valence-corrected chi connectivity index (χ0v) is 7.71. The van der Waals surface area contributed by atoms with Gasteiger partial charge in [-0.15, -0.1) is 0 Å². The Hall–Kier alpha value is -1.72. The molecular weight excluding hydrogens is 209 g/mol. The number of hydrogen-bond donors (Lipinski definition) is 1. The van der Waals surface area contributed by atoms with E-state index in [0.717, 1.165) is 4.68 Å². The van der Waals surface area contributed by atoms with Gasteiger partial charge in [-0.1, -0.05) is 0 Å². The maximum atomic E-state index is 12.5. The van der Waals surface area contributed by atoms with E-state index in [0.29, 0.717) is 0 Å². The average molecular weight is 216 g/mol. The fourth-order valence-corrected chi connectivity index (χ4v) is 1.46. The van der Waals surface area contributed by atoms with E-state index in [1.165, 1.54) is 25.2 Å². The van der Waals surface area contributed by atoms with Crippen molar-refractivity contribution < 1.29 is 18.3 Å². The largest absolute Gasteiger partial charge is 0.508 e. The number of phenols is 1. The lowest BCUT2D eigenvalue weighted by molar-refractivity contribution is -0.140. The molecule has 0 unspecified atom stereocenters. The summed E-state index contributed by atoms with van der Waals surface area (Å²) < 4.78 is 38.6. The van der Waals surface area contributed by atoms with E-state index in [2.05, 4.69) is 5.10 Å². The minimum absolute atomic E-state index is 0.0113. The molecule has 1 heterocycles. The summed E-state index contributed by atoms with van der Waals surface area (Å²) in [6.45, 7) is 0.